The van der Waals surface area contributed by atoms with Crippen LogP contribution in [0.4, 0.5) is 0 Å². The molecular weight excluding hydrogens is 727 g/mol. The third-order valence-corrected chi connectivity index (χ3v) is 20.5. The molecule has 7 aliphatic carbocycles. The third-order valence-electron chi connectivity index (χ3n) is 20.5. The molecule has 58 heavy (non-hydrogen) atoms. The normalized spacial score (nSPS) is 44.6. The zero-order chi connectivity index (χ0) is 42.1. The van der Waals surface area contributed by atoms with Crippen LogP contribution >= 0.6 is 0 Å². The van der Waals surface area contributed by atoms with E-state index in [-0.39, 0.29) is 79.9 Å². The number of fused-ring (bicyclic) bond motifs is 7. The lowest BCUT2D eigenvalue weighted by Gasteiger charge is -2.76. The van der Waals surface area contributed by atoms with E-state index < -0.39 is 17.4 Å². The highest BCUT2D eigenvalue weighted by molar-refractivity contribution is 5.86. The largest absolute Gasteiger partial charge is 0.481 e. The second kappa shape index (κ2) is 13.7. The van der Waals surface area contributed by atoms with Crippen molar-refractivity contribution in [3.8, 4) is 0 Å². The number of hydrogen-bond acceptors (Lipinski definition) is 6. The van der Waals surface area contributed by atoms with E-state index in [0.29, 0.717) is 17.7 Å². The van der Waals surface area contributed by atoms with Crippen LogP contribution in [0, 0.1) is 61.6 Å². The molecule has 0 aromatic heterocycles. The first-order valence-corrected chi connectivity index (χ1v) is 23.7. The van der Waals surface area contributed by atoms with Gasteiger partial charge in [-0.2, -0.15) is 0 Å². The Balaban J connectivity index is 1.05. The number of likely N-dealkylation sites (tertiary alicyclic amines) is 1. The number of carbonyl (C=O) groups excluding carboxylic acids is 3. The van der Waals surface area contributed by atoms with E-state index in [4.69, 9.17) is 4.74 Å². The molecule has 11 atom stereocenters. The van der Waals surface area contributed by atoms with Crippen LogP contribution in [-0.4, -0.2) is 70.1 Å². The van der Waals surface area contributed by atoms with Gasteiger partial charge in [0.15, 0.2) is 0 Å². The second-order valence-corrected chi connectivity index (χ2v) is 24.4. The predicted octanol–water partition coefficient (Wildman–Crippen LogP) is 9.06. The summed E-state index contributed by atoms with van der Waals surface area (Å²) in [7, 11) is 0. The fraction of sp³-hybridized carbons (Fsp3) is 0.918. The molecule has 0 spiro atoms. The summed E-state index contributed by atoms with van der Waals surface area (Å²) in [5.41, 5.74) is -1.90. The fourth-order valence-corrected chi connectivity index (χ4v) is 16.2. The van der Waals surface area contributed by atoms with Crippen molar-refractivity contribution in [3.63, 3.8) is 0 Å². The number of aliphatic carboxylic acids is 1. The Kier molecular flexibility index (Phi) is 10.0. The minimum Gasteiger partial charge on any atom is -0.481 e. The van der Waals surface area contributed by atoms with E-state index in [1.807, 2.05) is 0 Å². The van der Waals surface area contributed by atoms with Crippen molar-refractivity contribution >= 4 is 23.8 Å². The van der Waals surface area contributed by atoms with Gasteiger partial charge in [-0.3, -0.25) is 19.2 Å². The first-order chi connectivity index (χ1) is 26.9. The highest BCUT2D eigenvalue weighted by Gasteiger charge is 2.77. The smallest absolute Gasteiger partial charge is 0.309 e. The summed E-state index contributed by atoms with van der Waals surface area (Å²) in [6, 6.07) is 0.0254. The van der Waals surface area contributed by atoms with Crippen molar-refractivity contribution in [2.24, 2.45) is 61.6 Å². The van der Waals surface area contributed by atoms with Crippen molar-refractivity contribution in [2.45, 2.75) is 208 Å². The molecule has 8 fully saturated rings. The molecule has 1 aliphatic heterocycles. The molecule has 8 rings (SSSR count). The molecule has 8 aliphatic rings. The summed E-state index contributed by atoms with van der Waals surface area (Å²) < 4.78 is 6.24. The van der Waals surface area contributed by atoms with Crippen LogP contribution in [0.25, 0.3) is 0 Å². The van der Waals surface area contributed by atoms with Gasteiger partial charge in [0.05, 0.1) is 17.3 Å². The number of piperidine rings is 1. The van der Waals surface area contributed by atoms with Crippen LogP contribution in [0.2, 0.25) is 0 Å². The Morgan fingerprint density at radius 1 is 0.724 bits per heavy atom. The van der Waals surface area contributed by atoms with Gasteiger partial charge in [0.1, 0.15) is 6.10 Å². The van der Waals surface area contributed by atoms with Gasteiger partial charge in [-0.15, -0.1) is 0 Å². The summed E-state index contributed by atoms with van der Waals surface area (Å²) in [6.45, 7) is 24.3. The predicted molar refractivity (Wildman–Crippen MR) is 225 cm³/mol. The van der Waals surface area contributed by atoms with Crippen LogP contribution in [0.3, 0.4) is 0 Å². The molecule has 0 radical (unpaired) electrons. The number of nitrogens with zero attached hydrogens (tertiary/aromatic N) is 1. The average molecular weight is 806 g/mol. The number of carbonyl (C=O) groups is 4. The number of amides is 2. The molecule has 1 saturated heterocycles. The zero-order valence-corrected chi connectivity index (χ0v) is 38.0. The topological polar surface area (TPSA) is 125 Å². The number of rotatable bonds is 9. The maximum absolute atomic E-state index is 15.2. The number of carboxylic acid groups (broad SMARTS) is 1. The summed E-state index contributed by atoms with van der Waals surface area (Å²) >= 11 is 0. The van der Waals surface area contributed by atoms with Crippen LogP contribution in [0.5, 0.6) is 0 Å². The molecule has 1 heterocycles. The number of nitrogens with one attached hydrogen (secondary N) is 2. The lowest BCUT2D eigenvalue weighted by molar-refractivity contribution is -0.261. The monoisotopic (exact) mass is 806 g/mol. The molecular formula is C49H79N3O6. The summed E-state index contributed by atoms with van der Waals surface area (Å²) in [4.78, 5) is 56.0. The molecule has 0 aromatic rings. The van der Waals surface area contributed by atoms with E-state index in [2.05, 4.69) is 70.9 Å². The number of esters is 1. The maximum atomic E-state index is 15.2. The van der Waals surface area contributed by atoms with E-state index in [0.717, 1.165) is 103 Å². The molecule has 9 nitrogen and oxygen atoms in total. The molecule has 11 unspecified atom stereocenters. The first kappa shape index (κ1) is 42.5. The maximum Gasteiger partial charge on any atom is 0.309 e. The van der Waals surface area contributed by atoms with Gasteiger partial charge in [0.25, 0.3) is 0 Å². The van der Waals surface area contributed by atoms with Crippen molar-refractivity contribution in [3.05, 3.63) is 0 Å². The Bertz CT molecular complexity index is 1700. The van der Waals surface area contributed by atoms with Gasteiger partial charge >= 0.3 is 11.9 Å². The van der Waals surface area contributed by atoms with Crippen molar-refractivity contribution in [1.29, 1.82) is 0 Å². The summed E-state index contributed by atoms with van der Waals surface area (Å²) in [6.07, 6.45) is 17.6. The molecule has 326 valence electrons. The lowest BCUT2D eigenvalue weighted by atomic mass is 9.30. The molecule has 0 bridgehead atoms. The summed E-state index contributed by atoms with van der Waals surface area (Å²) in [5, 5.41) is 17.9. The standard InChI is InChI=1S/C49H79N3O6/c1-41(2,40(56)57)30-37(53)58-36-18-20-45(8)32(43(36,5)6)16-21-46(9)33(45)17-22-49(51-44(7)23-24-44)34-15-14-19-48(34,26-25-47(46,49)10)39(55)50-35-29-31(42(35,3)4)38(54)52-27-12-11-13-28-52/h31-36,51H,11-30H2,1-10H3,(H,50,55)(H,56,57). The number of hydrogen-bond donors (Lipinski definition) is 3. The highest BCUT2D eigenvalue weighted by atomic mass is 16.5. The van der Waals surface area contributed by atoms with Crippen LogP contribution in [0.15, 0.2) is 0 Å². The quantitative estimate of drug-likeness (QED) is 0.199. The molecule has 7 saturated carbocycles. The second-order valence-electron chi connectivity index (χ2n) is 24.4. The van der Waals surface area contributed by atoms with E-state index in [9.17, 15) is 19.5 Å². The van der Waals surface area contributed by atoms with Gasteiger partial charge in [0.2, 0.25) is 11.8 Å². The number of ether oxygens (including phenoxy) is 1. The van der Waals surface area contributed by atoms with E-state index >= 15 is 4.79 Å². The van der Waals surface area contributed by atoms with E-state index in [1.165, 1.54) is 19.3 Å². The SMILES string of the molecule is CC1(NC23CCC4C5(C)CCC(OC(=O)CC(C)(C)C(=O)O)C(C)(C)C5CCC4(C)C2(C)CCC2(C(=O)NC4CC(C(=O)N5CCCCC5)C4(C)C)CCCC23)CC1. The zero-order valence-electron chi connectivity index (χ0n) is 38.0. The van der Waals surface area contributed by atoms with Gasteiger partial charge in [-0.05, 0) is 163 Å². The Hall–Kier alpha value is -2.16. The first-order valence-electron chi connectivity index (χ1n) is 23.7. The molecule has 9 heteroatoms. The minimum atomic E-state index is -1.16. The van der Waals surface area contributed by atoms with Gasteiger partial charge in [0, 0.05) is 41.5 Å². The van der Waals surface area contributed by atoms with Crippen molar-refractivity contribution in [2.75, 3.05) is 13.1 Å². The minimum absolute atomic E-state index is 0.00114. The lowest BCUT2D eigenvalue weighted by Crippen LogP contribution is -2.78. The Labute approximate surface area is 350 Å². The van der Waals surface area contributed by atoms with Gasteiger partial charge in [-0.25, -0.2) is 0 Å². The Morgan fingerprint density at radius 3 is 2.03 bits per heavy atom. The highest BCUT2D eigenvalue weighted by Crippen LogP contribution is 2.78. The fourth-order valence-electron chi connectivity index (χ4n) is 16.2. The Morgan fingerprint density at radius 2 is 1.40 bits per heavy atom. The molecule has 2 amide bonds. The summed E-state index contributed by atoms with van der Waals surface area (Å²) in [5.74, 6) is 0.343. The average Bonchev–Trinajstić information content (AvgIpc) is 3.69. The van der Waals surface area contributed by atoms with Crippen LogP contribution in [0.1, 0.15) is 185 Å². The van der Waals surface area contributed by atoms with Crippen LogP contribution in [-0.2, 0) is 23.9 Å². The van der Waals surface area contributed by atoms with Crippen molar-refractivity contribution < 1.29 is 29.0 Å². The molecule has 0 aromatic carbocycles. The van der Waals surface area contributed by atoms with Gasteiger partial charge < -0.3 is 25.4 Å². The number of carboxylic acids is 1. The van der Waals surface area contributed by atoms with Crippen molar-refractivity contribution in [1.82, 2.24) is 15.5 Å². The molecule has 3 N–H and O–H groups in total. The van der Waals surface area contributed by atoms with Crippen LogP contribution < -0.4 is 10.6 Å². The van der Waals surface area contributed by atoms with E-state index in [1.54, 1.807) is 13.8 Å². The van der Waals surface area contributed by atoms with Gasteiger partial charge in [-0.1, -0.05) is 54.9 Å². The third kappa shape index (κ3) is 6.03.